The first kappa shape index (κ1) is 20.6. The van der Waals surface area contributed by atoms with Crippen molar-refractivity contribution in [3.05, 3.63) is 69.8 Å². The topological polar surface area (TPSA) is 55.8 Å². The maximum atomic E-state index is 12.4. The highest BCUT2D eigenvalue weighted by atomic mass is 35.5. The van der Waals surface area contributed by atoms with Crippen LogP contribution >= 0.6 is 11.6 Å². The fourth-order valence-corrected chi connectivity index (χ4v) is 3.09. The minimum Gasteiger partial charge on any atom is -0.507 e. The molecule has 0 spiro atoms. The zero-order chi connectivity index (χ0) is 20.0. The lowest BCUT2D eigenvalue weighted by Gasteiger charge is -2.18. The van der Waals surface area contributed by atoms with Crippen LogP contribution in [0.5, 0.6) is 11.5 Å². The van der Waals surface area contributed by atoms with Crippen molar-refractivity contribution in [1.29, 1.82) is 0 Å². The van der Waals surface area contributed by atoms with Gasteiger partial charge in [-0.05, 0) is 25.3 Å². The van der Waals surface area contributed by atoms with Crippen molar-refractivity contribution in [1.82, 2.24) is 0 Å². The molecule has 0 fully saturated rings. The quantitative estimate of drug-likeness (QED) is 0.386. The number of phenols is 1. The number of methoxy groups -OCH3 is 2. The van der Waals surface area contributed by atoms with Gasteiger partial charge in [-0.15, -0.1) is 6.58 Å². The van der Waals surface area contributed by atoms with Gasteiger partial charge in [0, 0.05) is 11.1 Å². The van der Waals surface area contributed by atoms with Gasteiger partial charge < -0.3 is 14.6 Å². The number of allylic oxidation sites excluding steroid dienone is 1. The SMILES string of the molecule is C=C(C)CCc1c(O)c(C(=O)OC)c(/C=C/c2ccccc2)c(Cl)c1OC. The molecular formula is C22H23ClO4. The molecule has 0 heterocycles. The molecule has 2 aromatic rings. The molecule has 2 rings (SSSR count). The molecule has 0 saturated carbocycles. The summed E-state index contributed by atoms with van der Waals surface area (Å²) in [6.45, 7) is 5.77. The van der Waals surface area contributed by atoms with E-state index in [1.165, 1.54) is 14.2 Å². The molecule has 1 N–H and O–H groups in total. The zero-order valence-corrected chi connectivity index (χ0v) is 16.5. The Balaban J connectivity index is 2.67. The first-order chi connectivity index (χ1) is 12.9. The number of aromatic hydroxyl groups is 1. The lowest BCUT2D eigenvalue weighted by Crippen LogP contribution is -2.08. The molecule has 0 aliphatic heterocycles. The summed E-state index contributed by atoms with van der Waals surface area (Å²) in [6.07, 6.45) is 4.55. The van der Waals surface area contributed by atoms with Gasteiger partial charge in [0.2, 0.25) is 0 Å². The van der Waals surface area contributed by atoms with Crippen molar-refractivity contribution in [3.8, 4) is 11.5 Å². The Morgan fingerprint density at radius 3 is 2.44 bits per heavy atom. The van der Waals surface area contributed by atoms with E-state index in [1.54, 1.807) is 12.2 Å². The third kappa shape index (κ3) is 4.72. The zero-order valence-electron chi connectivity index (χ0n) is 15.7. The Hall–Kier alpha value is -2.72. The van der Waals surface area contributed by atoms with Gasteiger partial charge in [-0.3, -0.25) is 0 Å². The summed E-state index contributed by atoms with van der Waals surface area (Å²) < 4.78 is 10.3. The molecule has 0 amide bonds. The van der Waals surface area contributed by atoms with Gasteiger partial charge in [0.1, 0.15) is 17.1 Å². The van der Waals surface area contributed by atoms with Crippen molar-refractivity contribution in [2.24, 2.45) is 0 Å². The fourth-order valence-electron chi connectivity index (χ4n) is 2.74. The Bertz CT molecular complexity index is 870. The summed E-state index contributed by atoms with van der Waals surface area (Å²) in [5, 5.41) is 11.1. The number of esters is 1. The van der Waals surface area contributed by atoms with Gasteiger partial charge >= 0.3 is 5.97 Å². The molecule has 0 bridgehead atoms. The Morgan fingerprint density at radius 2 is 1.89 bits per heavy atom. The average Bonchev–Trinajstić information content (AvgIpc) is 2.66. The molecule has 0 radical (unpaired) electrons. The largest absolute Gasteiger partial charge is 0.507 e. The number of hydrogen-bond donors (Lipinski definition) is 1. The van der Waals surface area contributed by atoms with Gasteiger partial charge in [0.15, 0.2) is 0 Å². The number of halogens is 1. The van der Waals surface area contributed by atoms with E-state index in [2.05, 4.69) is 6.58 Å². The van der Waals surface area contributed by atoms with Crippen LogP contribution in [0.1, 0.15) is 40.4 Å². The van der Waals surface area contributed by atoms with E-state index in [0.717, 1.165) is 11.1 Å². The van der Waals surface area contributed by atoms with Gasteiger partial charge in [-0.1, -0.05) is 59.7 Å². The Labute approximate surface area is 164 Å². The van der Waals surface area contributed by atoms with Gasteiger partial charge in [0.25, 0.3) is 0 Å². The summed E-state index contributed by atoms with van der Waals surface area (Å²) >= 11 is 6.56. The molecule has 0 aliphatic rings. The Morgan fingerprint density at radius 1 is 1.22 bits per heavy atom. The third-order valence-electron chi connectivity index (χ3n) is 4.14. The van der Waals surface area contributed by atoms with Crippen molar-refractivity contribution < 1.29 is 19.4 Å². The summed E-state index contributed by atoms with van der Waals surface area (Å²) in [5.41, 5.74) is 2.70. The number of ether oxygens (including phenoxy) is 2. The fraction of sp³-hybridized carbons (Fsp3) is 0.227. The van der Waals surface area contributed by atoms with Crippen LogP contribution in [-0.2, 0) is 11.2 Å². The van der Waals surface area contributed by atoms with Crippen LogP contribution in [-0.4, -0.2) is 25.3 Å². The molecule has 142 valence electrons. The lowest BCUT2D eigenvalue weighted by molar-refractivity contribution is 0.0597. The van der Waals surface area contributed by atoms with Crippen molar-refractivity contribution in [2.75, 3.05) is 14.2 Å². The van der Waals surface area contributed by atoms with E-state index in [4.69, 9.17) is 21.1 Å². The molecule has 0 atom stereocenters. The third-order valence-corrected chi connectivity index (χ3v) is 4.51. The summed E-state index contributed by atoms with van der Waals surface area (Å²) in [4.78, 5) is 12.4. The van der Waals surface area contributed by atoms with E-state index < -0.39 is 5.97 Å². The number of hydrogen-bond acceptors (Lipinski definition) is 4. The van der Waals surface area contributed by atoms with Crippen LogP contribution in [0.3, 0.4) is 0 Å². The maximum absolute atomic E-state index is 12.4. The molecular weight excluding hydrogens is 364 g/mol. The smallest absolute Gasteiger partial charge is 0.342 e. The van der Waals surface area contributed by atoms with Crippen molar-refractivity contribution in [3.63, 3.8) is 0 Å². The van der Waals surface area contributed by atoms with Gasteiger partial charge in [0.05, 0.1) is 19.2 Å². The van der Waals surface area contributed by atoms with Gasteiger partial charge in [-0.25, -0.2) is 4.79 Å². The van der Waals surface area contributed by atoms with Crippen LogP contribution in [0.4, 0.5) is 0 Å². The second-order valence-corrected chi connectivity index (χ2v) is 6.53. The standard InChI is InChI=1S/C22H23ClO4/c1-14(2)10-12-17-20(24)18(22(25)27-4)16(19(23)21(17)26-3)13-11-15-8-6-5-7-9-15/h5-9,11,13,24H,1,10,12H2,2-4H3/b13-11+. The highest BCUT2D eigenvalue weighted by Gasteiger charge is 2.27. The minimum atomic E-state index is -0.665. The van der Waals surface area contributed by atoms with Crippen molar-refractivity contribution in [2.45, 2.75) is 19.8 Å². The highest BCUT2D eigenvalue weighted by molar-refractivity contribution is 6.34. The molecule has 27 heavy (non-hydrogen) atoms. The molecule has 0 saturated heterocycles. The lowest BCUT2D eigenvalue weighted by atomic mass is 9.96. The molecule has 5 heteroatoms. The number of carbonyl (C=O) groups is 1. The number of carbonyl (C=O) groups excluding carboxylic acids is 1. The first-order valence-corrected chi connectivity index (χ1v) is 8.85. The monoisotopic (exact) mass is 386 g/mol. The van der Waals surface area contributed by atoms with E-state index in [0.29, 0.717) is 29.7 Å². The van der Waals surface area contributed by atoms with E-state index in [9.17, 15) is 9.90 Å². The summed E-state index contributed by atoms with van der Waals surface area (Å²) in [5.74, 6) is -0.505. The molecule has 0 aliphatic carbocycles. The molecule has 4 nitrogen and oxygen atoms in total. The van der Waals surface area contributed by atoms with Crippen molar-refractivity contribution >= 4 is 29.7 Å². The van der Waals surface area contributed by atoms with Crippen LogP contribution in [0.15, 0.2) is 42.5 Å². The second kappa shape index (κ2) is 9.28. The van der Waals surface area contributed by atoms with Crippen LogP contribution in [0.2, 0.25) is 5.02 Å². The molecule has 2 aromatic carbocycles. The normalized spacial score (nSPS) is 10.8. The van der Waals surface area contributed by atoms with Crippen LogP contribution in [0, 0.1) is 0 Å². The molecule has 0 unspecified atom stereocenters. The van der Waals surface area contributed by atoms with E-state index >= 15 is 0 Å². The van der Waals surface area contributed by atoms with E-state index in [-0.39, 0.29) is 16.3 Å². The number of rotatable bonds is 7. The van der Waals surface area contributed by atoms with E-state index in [1.807, 2.05) is 37.3 Å². The minimum absolute atomic E-state index is 0.0206. The number of phenolic OH excluding ortho intramolecular Hbond substituents is 1. The predicted octanol–water partition coefficient (Wildman–Crippen LogP) is 5.52. The van der Waals surface area contributed by atoms with Crippen LogP contribution < -0.4 is 4.74 Å². The second-order valence-electron chi connectivity index (χ2n) is 6.16. The van der Waals surface area contributed by atoms with Crippen LogP contribution in [0.25, 0.3) is 12.2 Å². The average molecular weight is 387 g/mol. The maximum Gasteiger partial charge on any atom is 0.342 e. The summed E-state index contributed by atoms with van der Waals surface area (Å²) in [6, 6.07) is 9.55. The van der Waals surface area contributed by atoms with Gasteiger partial charge in [-0.2, -0.15) is 0 Å². The molecule has 0 aromatic heterocycles. The predicted molar refractivity (Wildman–Crippen MR) is 110 cm³/mol. The Kier molecular flexibility index (Phi) is 7.08. The first-order valence-electron chi connectivity index (χ1n) is 8.47. The summed E-state index contributed by atoms with van der Waals surface area (Å²) in [7, 11) is 2.74. The highest BCUT2D eigenvalue weighted by Crippen LogP contribution is 2.43. The number of benzene rings is 2.